The number of nitrogens with one attached hydrogen (secondary N) is 2. The number of rotatable bonds is 3. The summed E-state index contributed by atoms with van der Waals surface area (Å²) >= 11 is 0. The molecule has 1 saturated heterocycles. The number of amides is 2. The van der Waals surface area contributed by atoms with Crippen molar-refractivity contribution in [3.63, 3.8) is 0 Å². The lowest BCUT2D eigenvalue weighted by Gasteiger charge is -2.31. The fourth-order valence-corrected chi connectivity index (χ4v) is 2.25. The Hall–Kier alpha value is -2.44. The van der Waals surface area contributed by atoms with Crippen LogP contribution in [0.1, 0.15) is 19.8 Å². The summed E-state index contributed by atoms with van der Waals surface area (Å²) in [5.74, 6) is 0.0608. The summed E-state index contributed by atoms with van der Waals surface area (Å²) in [4.78, 5) is 40.1. The highest BCUT2D eigenvalue weighted by atomic mass is 16.2. The Morgan fingerprint density at radius 3 is 2.90 bits per heavy atom. The van der Waals surface area contributed by atoms with Crippen LogP contribution >= 0.6 is 0 Å². The number of carbonyl (C=O) groups excluding carboxylic acids is 3. The van der Waals surface area contributed by atoms with Crippen molar-refractivity contribution in [1.29, 1.82) is 0 Å². The summed E-state index contributed by atoms with van der Waals surface area (Å²) in [7, 11) is 1.75. The molecule has 7 heteroatoms. The first-order chi connectivity index (χ1) is 10.0. The van der Waals surface area contributed by atoms with Crippen molar-refractivity contribution in [3.8, 4) is 0 Å². The second-order valence-electron chi connectivity index (χ2n) is 4.95. The molecule has 7 nitrogen and oxygen atoms in total. The van der Waals surface area contributed by atoms with E-state index in [0.29, 0.717) is 36.5 Å². The molecule has 0 bridgehead atoms. The zero-order valence-electron chi connectivity index (χ0n) is 12.0. The zero-order chi connectivity index (χ0) is 15.4. The lowest BCUT2D eigenvalue weighted by atomic mass is 10.0. The third kappa shape index (κ3) is 3.36. The van der Waals surface area contributed by atoms with Crippen LogP contribution < -0.4 is 10.6 Å². The van der Waals surface area contributed by atoms with Gasteiger partial charge in [0.15, 0.2) is 6.29 Å². The molecule has 0 aliphatic carbocycles. The highest BCUT2D eigenvalue weighted by Crippen LogP contribution is 2.15. The van der Waals surface area contributed by atoms with Gasteiger partial charge >= 0.3 is 0 Å². The predicted molar refractivity (Wildman–Crippen MR) is 77.3 cm³/mol. The standard InChI is InChI=1S/C14H18N4O3/c1-9(16-11-5-6-15-7-10(11)8-19)18(2)12-3-4-13(20)17-14(12)21/h5,7-8,12,15H,3-4,6H2,1-2H3,(H,17,20,21). The first-order valence-electron chi connectivity index (χ1n) is 6.74. The van der Waals surface area contributed by atoms with E-state index in [9.17, 15) is 14.4 Å². The molecular weight excluding hydrogens is 272 g/mol. The van der Waals surface area contributed by atoms with Crippen molar-refractivity contribution in [2.75, 3.05) is 13.6 Å². The molecule has 2 N–H and O–H groups in total. The summed E-state index contributed by atoms with van der Waals surface area (Å²) in [5, 5.41) is 5.26. The fraction of sp³-hybridized carbons (Fsp3) is 0.429. The fourth-order valence-electron chi connectivity index (χ4n) is 2.25. The predicted octanol–water partition coefficient (Wildman–Crippen LogP) is -0.288. The van der Waals surface area contributed by atoms with E-state index >= 15 is 0 Å². The Bertz CT molecular complexity index is 563. The Balaban J connectivity index is 2.13. The van der Waals surface area contributed by atoms with Gasteiger partial charge in [0.05, 0.1) is 11.3 Å². The van der Waals surface area contributed by atoms with Crippen LogP contribution in [-0.2, 0) is 14.4 Å². The number of piperidine rings is 1. The molecule has 2 aliphatic rings. The van der Waals surface area contributed by atoms with Gasteiger partial charge in [-0.3, -0.25) is 19.7 Å². The van der Waals surface area contributed by atoms with E-state index in [1.807, 2.05) is 6.08 Å². The van der Waals surface area contributed by atoms with Crippen molar-refractivity contribution >= 4 is 23.9 Å². The number of nitrogens with zero attached hydrogens (tertiary/aromatic N) is 2. The highest BCUT2D eigenvalue weighted by Gasteiger charge is 2.30. The maximum Gasteiger partial charge on any atom is 0.249 e. The van der Waals surface area contributed by atoms with Crippen LogP contribution in [0.5, 0.6) is 0 Å². The van der Waals surface area contributed by atoms with Gasteiger partial charge < -0.3 is 10.2 Å². The molecule has 1 unspecified atom stereocenters. The van der Waals surface area contributed by atoms with Gasteiger partial charge in [-0.25, -0.2) is 4.99 Å². The number of aliphatic imine (C=N–C) groups is 1. The molecule has 21 heavy (non-hydrogen) atoms. The van der Waals surface area contributed by atoms with E-state index in [-0.39, 0.29) is 11.8 Å². The van der Waals surface area contributed by atoms with Crippen LogP contribution in [-0.4, -0.2) is 48.5 Å². The van der Waals surface area contributed by atoms with Gasteiger partial charge in [-0.2, -0.15) is 0 Å². The quantitative estimate of drug-likeness (QED) is 0.323. The number of hydrogen-bond donors (Lipinski definition) is 2. The van der Waals surface area contributed by atoms with Crippen molar-refractivity contribution in [2.45, 2.75) is 25.8 Å². The number of imide groups is 1. The second kappa shape index (κ2) is 6.34. The summed E-state index contributed by atoms with van der Waals surface area (Å²) in [5.41, 5.74) is 1.05. The average molecular weight is 290 g/mol. The molecule has 0 aromatic heterocycles. The normalized spacial score (nSPS) is 22.8. The smallest absolute Gasteiger partial charge is 0.249 e. The molecule has 2 amide bonds. The molecule has 1 atom stereocenters. The maximum absolute atomic E-state index is 11.8. The number of carbonyl (C=O) groups is 3. The van der Waals surface area contributed by atoms with Gasteiger partial charge in [0.2, 0.25) is 11.8 Å². The van der Waals surface area contributed by atoms with E-state index < -0.39 is 6.04 Å². The summed E-state index contributed by atoms with van der Waals surface area (Å²) in [6.45, 7) is 2.38. The van der Waals surface area contributed by atoms with E-state index in [0.717, 1.165) is 6.29 Å². The van der Waals surface area contributed by atoms with Gasteiger partial charge in [0, 0.05) is 26.2 Å². The molecule has 0 aromatic rings. The Kier molecular flexibility index (Phi) is 4.52. The molecule has 112 valence electrons. The summed E-state index contributed by atoms with van der Waals surface area (Å²) in [6.07, 6.45) is 4.95. The minimum atomic E-state index is -0.419. The van der Waals surface area contributed by atoms with E-state index in [1.165, 1.54) is 0 Å². The van der Waals surface area contributed by atoms with Gasteiger partial charge in [0.1, 0.15) is 11.9 Å². The number of allylic oxidation sites excluding steroid dienone is 1. The Labute approximate surface area is 122 Å². The van der Waals surface area contributed by atoms with Crippen LogP contribution in [0.2, 0.25) is 0 Å². The minimum absolute atomic E-state index is 0.244. The van der Waals surface area contributed by atoms with Crippen molar-refractivity contribution < 1.29 is 14.4 Å². The summed E-state index contributed by atoms with van der Waals surface area (Å²) in [6, 6.07) is -0.419. The molecule has 0 aromatic carbocycles. The average Bonchev–Trinajstić information content (AvgIpc) is 2.47. The molecule has 0 radical (unpaired) electrons. The largest absolute Gasteiger partial charge is 0.387 e. The lowest BCUT2D eigenvalue weighted by Crippen LogP contribution is -2.52. The number of amidine groups is 1. The first-order valence-corrected chi connectivity index (χ1v) is 6.74. The number of dihydropyridines is 1. The van der Waals surface area contributed by atoms with Crippen molar-refractivity contribution in [2.24, 2.45) is 4.99 Å². The van der Waals surface area contributed by atoms with E-state index in [1.54, 1.807) is 25.1 Å². The number of aldehydes is 1. The van der Waals surface area contributed by atoms with Crippen molar-refractivity contribution in [1.82, 2.24) is 15.5 Å². The molecular formula is C14H18N4O3. The van der Waals surface area contributed by atoms with Gasteiger partial charge in [-0.05, 0) is 19.4 Å². The highest BCUT2D eigenvalue weighted by molar-refractivity contribution is 6.02. The SMILES string of the molecule is CC(=NC1=CCNC=C1C=O)N(C)C1CCC(=O)NC1=O. The molecule has 0 spiro atoms. The minimum Gasteiger partial charge on any atom is -0.387 e. The zero-order valence-corrected chi connectivity index (χ0v) is 12.0. The maximum atomic E-state index is 11.8. The van der Waals surface area contributed by atoms with Crippen LogP contribution in [0.25, 0.3) is 0 Å². The van der Waals surface area contributed by atoms with Crippen LogP contribution in [0.3, 0.4) is 0 Å². The van der Waals surface area contributed by atoms with E-state index in [2.05, 4.69) is 15.6 Å². The Morgan fingerprint density at radius 2 is 2.24 bits per heavy atom. The second-order valence-corrected chi connectivity index (χ2v) is 4.95. The molecule has 2 aliphatic heterocycles. The van der Waals surface area contributed by atoms with Gasteiger partial charge in [-0.15, -0.1) is 0 Å². The molecule has 0 saturated carbocycles. The third-order valence-corrected chi connectivity index (χ3v) is 3.56. The van der Waals surface area contributed by atoms with Crippen LogP contribution in [0.4, 0.5) is 0 Å². The monoisotopic (exact) mass is 290 g/mol. The Morgan fingerprint density at radius 1 is 1.48 bits per heavy atom. The van der Waals surface area contributed by atoms with Crippen LogP contribution in [0.15, 0.2) is 28.5 Å². The lowest BCUT2D eigenvalue weighted by molar-refractivity contribution is -0.136. The third-order valence-electron chi connectivity index (χ3n) is 3.56. The number of hydrogen-bond acceptors (Lipinski definition) is 5. The van der Waals surface area contributed by atoms with Gasteiger partial charge in [0.25, 0.3) is 0 Å². The number of likely N-dealkylation sites (N-methyl/N-ethyl adjacent to an activating group) is 1. The van der Waals surface area contributed by atoms with Crippen LogP contribution in [0, 0.1) is 0 Å². The molecule has 1 fully saturated rings. The first kappa shape index (κ1) is 15.0. The van der Waals surface area contributed by atoms with Crippen molar-refractivity contribution in [3.05, 3.63) is 23.5 Å². The molecule has 2 rings (SSSR count). The topological polar surface area (TPSA) is 90.9 Å². The summed E-state index contributed by atoms with van der Waals surface area (Å²) < 4.78 is 0. The molecule has 2 heterocycles. The van der Waals surface area contributed by atoms with Gasteiger partial charge in [-0.1, -0.05) is 0 Å². The van der Waals surface area contributed by atoms with E-state index in [4.69, 9.17) is 0 Å².